The summed E-state index contributed by atoms with van der Waals surface area (Å²) in [5.74, 6) is 1.15. The molecule has 0 aliphatic rings. The van der Waals surface area contributed by atoms with Crippen LogP contribution in [0, 0.1) is 0 Å². The van der Waals surface area contributed by atoms with Crippen LogP contribution in [0.4, 0.5) is 0 Å². The van der Waals surface area contributed by atoms with Gasteiger partial charge in [-0.2, -0.15) is 0 Å². The van der Waals surface area contributed by atoms with Gasteiger partial charge < -0.3 is 4.57 Å². The molecule has 3 aromatic heterocycles. The fourth-order valence-corrected chi connectivity index (χ4v) is 2.55. The third-order valence-electron chi connectivity index (χ3n) is 3.33. The molecule has 19 heavy (non-hydrogen) atoms. The lowest BCUT2D eigenvalue weighted by molar-refractivity contribution is 0.647. The lowest BCUT2D eigenvalue weighted by atomic mass is 10.2. The second kappa shape index (κ2) is 4.96. The molecule has 3 heterocycles. The highest BCUT2D eigenvalue weighted by Gasteiger charge is 2.13. The number of aryl methyl sites for hydroxylation is 2. The van der Waals surface area contributed by atoms with Crippen LogP contribution in [0.15, 0.2) is 24.5 Å². The molecule has 0 fully saturated rings. The smallest absolute Gasteiger partial charge is 0.115 e. The summed E-state index contributed by atoms with van der Waals surface area (Å²) < 4.78 is 2.32. The van der Waals surface area contributed by atoms with Crippen molar-refractivity contribution in [1.82, 2.24) is 19.5 Å². The van der Waals surface area contributed by atoms with Gasteiger partial charge >= 0.3 is 0 Å². The van der Waals surface area contributed by atoms with Crippen molar-refractivity contribution in [3.8, 4) is 0 Å². The second-order valence-corrected chi connectivity index (χ2v) is 4.79. The van der Waals surface area contributed by atoms with Gasteiger partial charge in [-0.3, -0.25) is 9.97 Å². The molecule has 0 aliphatic carbocycles. The van der Waals surface area contributed by atoms with Crippen molar-refractivity contribution in [1.29, 1.82) is 0 Å². The SMILES string of the molecule is CCCc1nc2cnc3cccnc3c2n1CCC. The molecule has 0 atom stereocenters. The van der Waals surface area contributed by atoms with Crippen LogP contribution >= 0.6 is 0 Å². The van der Waals surface area contributed by atoms with Crippen molar-refractivity contribution < 1.29 is 0 Å². The van der Waals surface area contributed by atoms with Crippen LogP contribution in [0.2, 0.25) is 0 Å². The van der Waals surface area contributed by atoms with Gasteiger partial charge in [0, 0.05) is 19.2 Å². The average molecular weight is 254 g/mol. The van der Waals surface area contributed by atoms with Crippen molar-refractivity contribution in [2.24, 2.45) is 0 Å². The van der Waals surface area contributed by atoms with Gasteiger partial charge in [0.1, 0.15) is 16.9 Å². The molecular weight excluding hydrogens is 236 g/mol. The molecule has 0 aromatic carbocycles. The van der Waals surface area contributed by atoms with E-state index in [1.165, 1.54) is 0 Å². The lowest BCUT2D eigenvalue weighted by Crippen LogP contribution is -2.03. The predicted octanol–water partition coefficient (Wildman–Crippen LogP) is 3.34. The van der Waals surface area contributed by atoms with Gasteiger partial charge in [-0.05, 0) is 25.0 Å². The number of hydrogen-bond acceptors (Lipinski definition) is 3. The molecule has 0 aliphatic heterocycles. The average Bonchev–Trinajstić information content (AvgIpc) is 2.78. The molecule has 0 N–H and O–H groups in total. The van der Waals surface area contributed by atoms with E-state index >= 15 is 0 Å². The van der Waals surface area contributed by atoms with E-state index in [1.807, 2.05) is 24.5 Å². The lowest BCUT2D eigenvalue weighted by Gasteiger charge is -2.07. The Morgan fingerprint density at radius 3 is 2.79 bits per heavy atom. The molecule has 4 heteroatoms. The minimum atomic E-state index is 0.940. The molecule has 0 saturated carbocycles. The third kappa shape index (κ3) is 1.97. The van der Waals surface area contributed by atoms with E-state index in [4.69, 9.17) is 4.98 Å². The maximum absolute atomic E-state index is 4.73. The van der Waals surface area contributed by atoms with Gasteiger partial charge in [0.2, 0.25) is 0 Å². The number of imidazole rings is 1. The largest absolute Gasteiger partial charge is 0.326 e. The molecular formula is C15H18N4. The molecule has 0 bridgehead atoms. The summed E-state index contributed by atoms with van der Waals surface area (Å²) in [6, 6.07) is 3.93. The Hall–Kier alpha value is -1.97. The Morgan fingerprint density at radius 1 is 1.11 bits per heavy atom. The Balaban J connectivity index is 2.35. The van der Waals surface area contributed by atoms with E-state index < -0.39 is 0 Å². The van der Waals surface area contributed by atoms with Crippen molar-refractivity contribution in [2.75, 3.05) is 0 Å². The minimum Gasteiger partial charge on any atom is -0.326 e. The van der Waals surface area contributed by atoms with Crippen LogP contribution in [-0.4, -0.2) is 19.5 Å². The highest BCUT2D eigenvalue weighted by Crippen LogP contribution is 2.23. The zero-order valence-electron chi connectivity index (χ0n) is 11.4. The van der Waals surface area contributed by atoms with Gasteiger partial charge in [-0.25, -0.2) is 4.98 Å². The van der Waals surface area contributed by atoms with Crippen LogP contribution in [0.1, 0.15) is 32.5 Å². The van der Waals surface area contributed by atoms with Gasteiger partial charge in [-0.1, -0.05) is 13.8 Å². The van der Waals surface area contributed by atoms with Crippen LogP contribution in [0.25, 0.3) is 22.1 Å². The molecule has 0 amide bonds. The highest BCUT2D eigenvalue weighted by molar-refractivity contribution is 5.99. The van der Waals surface area contributed by atoms with Gasteiger partial charge in [0.25, 0.3) is 0 Å². The summed E-state index contributed by atoms with van der Waals surface area (Å²) in [5, 5.41) is 0. The molecule has 0 radical (unpaired) electrons. The number of pyridine rings is 2. The maximum Gasteiger partial charge on any atom is 0.115 e. The van der Waals surface area contributed by atoms with Gasteiger partial charge in [0.05, 0.1) is 17.2 Å². The Labute approximate surface area is 112 Å². The fourth-order valence-electron chi connectivity index (χ4n) is 2.55. The van der Waals surface area contributed by atoms with E-state index in [0.29, 0.717) is 0 Å². The van der Waals surface area contributed by atoms with E-state index in [2.05, 4.69) is 28.4 Å². The highest BCUT2D eigenvalue weighted by atomic mass is 15.1. The summed E-state index contributed by atoms with van der Waals surface area (Å²) in [7, 11) is 0. The number of fused-ring (bicyclic) bond motifs is 3. The summed E-state index contributed by atoms with van der Waals surface area (Å²) in [5.41, 5.74) is 4.00. The Bertz CT molecular complexity index is 715. The molecule has 0 spiro atoms. The van der Waals surface area contributed by atoms with Crippen LogP contribution in [-0.2, 0) is 13.0 Å². The van der Waals surface area contributed by atoms with E-state index in [-0.39, 0.29) is 0 Å². The number of hydrogen-bond donors (Lipinski definition) is 0. The zero-order valence-corrected chi connectivity index (χ0v) is 11.4. The first kappa shape index (κ1) is 12.1. The summed E-state index contributed by atoms with van der Waals surface area (Å²) >= 11 is 0. The first-order valence-corrected chi connectivity index (χ1v) is 6.94. The number of aromatic nitrogens is 4. The number of rotatable bonds is 4. The predicted molar refractivity (Wildman–Crippen MR) is 77.1 cm³/mol. The molecule has 98 valence electrons. The first-order chi connectivity index (χ1) is 9.35. The standard InChI is InChI=1S/C15H18N4/c1-3-6-13-18-12-10-17-11-7-5-8-16-14(11)15(12)19(13)9-4-2/h5,7-8,10H,3-4,6,9H2,1-2H3. The summed E-state index contributed by atoms with van der Waals surface area (Å²) in [6.45, 7) is 5.37. The topological polar surface area (TPSA) is 43.6 Å². The van der Waals surface area contributed by atoms with Crippen molar-refractivity contribution in [2.45, 2.75) is 39.7 Å². The van der Waals surface area contributed by atoms with Crippen molar-refractivity contribution in [3.63, 3.8) is 0 Å². The quantitative estimate of drug-likeness (QED) is 0.717. The van der Waals surface area contributed by atoms with Crippen LogP contribution in [0.5, 0.6) is 0 Å². The monoisotopic (exact) mass is 254 g/mol. The molecule has 3 aromatic rings. The van der Waals surface area contributed by atoms with E-state index in [0.717, 1.165) is 53.7 Å². The second-order valence-electron chi connectivity index (χ2n) is 4.79. The molecule has 3 rings (SSSR count). The minimum absolute atomic E-state index is 0.940. The Kier molecular flexibility index (Phi) is 3.15. The fraction of sp³-hybridized carbons (Fsp3) is 0.400. The molecule has 0 saturated heterocycles. The van der Waals surface area contributed by atoms with Gasteiger partial charge in [0.15, 0.2) is 0 Å². The molecule has 0 unspecified atom stereocenters. The van der Waals surface area contributed by atoms with Crippen LogP contribution < -0.4 is 0 Å². The normalized spacial score (nSPS) is 11.5. The van der Waals surface area contributed by atoms with Crippen molar-refractivity contribution in [3.05, 3.63) is 30.4 Å². The zero-order chi connectivity index (χ0) is 13.2. The van der Waals surface area contributed by atoms with Gasteiger partial charge in [-0.15, -0.1) is 0 Å². The summed E-state index contributed by atoms with van der Waals surface area (Å²) in [6.07, 6.45) is 6.89. The third-order valence-corrected chi connectivity index (χ3v) is 3.33. The number of nitrogens with zero attached hydrogens (tertiary/aromatic N) is 4. The first-order valence-electron chi connectivity index (χ1n) is 6.94. The van der Waals surface area contributed by atoms with Crippen molar-refractivity contribution >= 4 is 22.1 Å². The van der Waals surface area contributed by atoms with Crippen LogP contribution in [0.3, 0.4) is 0 Å². The van der Waals surface area contributed by atoms with E-state index in [1.54, 1.807) is 0 Å². The summed E-state index contributed by atoms with van der Waals surface area (Å²) in [4.78, 5) is 13.7. The molecule has 4 nitrogen and oxygen atoms in total. The maximum atomic E-state index is 4.73. The Morgan fingerprint density at radius 2 is 2.00 bits per heavy atom. The van der Waals surface area contributed by atoms with E-state index in [9.17, 15) is 0 Å².